The Balaban J connectivity index is 2.44. The molecule has 20 heavy (non-hydrogen) atoms. The molecule has 3 aromatic carbocycles. The number of carbonyl (C=O) groups is 1. The molecule has 4 heteroatoms. The molecule has 0 heterocycles. The van der Waals surface area contributed by atoms with Crippen molar-refractivity contribution in [2.45, 2.75) is 5.38 Å². The van der Waals surface area contributed by atoms with E-state index in [4.69, 9.17) is 11.6 Å². The van der Waals surface area contributed by atoms with Gasteiger partial charge in [0.15, 0.2) is 0 Å². The summed E-state index contributed by atoms with van der Waals surface area (Å²) < 4.78 is 26.3. The summed E-state index contributed by atoms with van der Waals surface area (Å²) in [6.07, 6.45) is 0. The van der Waals surface area contributed by atoms with Gasteiger partial charge in [-0.2, -0.15) is 8.78 Å². The van der Waals surface area contributed by atoms with Gasteiger partial charge in [0.1, 0.15) is 0 Å². The first-order valence-corrected chi connectivity index (χ1v) is 6.38. The summed E-state index contributed by atoms with van der Waals surface area (Å²) in [4.78, 5) is 11.8. The average Bonchev–Trinajstić information content (AvgIpc) is 2.44. The predicted octanol–water partition coefficient (Wildman–Crippen LogP) is 5.01. The molecule has 0 atom stereocenters. The number of fused-ring (bicyclic) bond motifs is 3. The Morgan fingerprint density at radius 2 is 1.45 bits per heavy atom. The molecule has 0 N–H and O–H groups in total. The molecule has 0 aliphatic heterocycles. The second kappa shape index (κ2) is 4.53. The normalized spacial score (nSPS) is 11.9. The van der Waals surface area contributed by atoms with Crippen molar-refractivity contribution in [1.82, 2.24) is 0 Å². The Kier molecular flexibility index (Phi) is 2.94. The zero-order valence-electron chi connectivity index (χ0n) is 10.2. The van der Waals surface area contributed by atoms with Crippen molar-refractivity contribution >= 4 is 38.9 Å². The minimum atomic E-state index is -3.90. The molecule has 0 fully saturated rings. The van der Waals surface area contributed by atoms with E-state index >= 15 is 0 Å². The smallest absolute Gasteiger partial charge is 0.286 e. The fourth-order valence-corrected chi connectivity index (χ4v) is 2.50. The third-order valence-corrected chi connectivity index (χ3v) is 3.44. The lowest BCUT2D eigenvalue weighted by molar-refractivity contribution is 0.0538. The third kappa shape index (κ3) is 2.04. The van der Waals surface area contributed by atoms with Crippen molar-refractivity contribution < 1.29 is 13.6 Å². The summed E-state index contributed by atoms with van der Waals surface area (Å²) in [5.74, 6) is -1.37. The topological polar surface area (TPSA) is 17.1 Å². The third-order valence-electron chi connectivity index (χ3n) is 3.27. The molecule has 100 valence electrons. The average molecular weight is 291 g/mol. The van der Waals surface area contributed by atoms with Crippen molar-refractivity contribution in [1.29, 1.82) is 0 Å². The lowest BCUT2D eigenvalue weighted by atomic mass is 9.95. The number of carbonyl (C=O) groups excluding carboxylic acids is 1. The van der Waals surface area contributed by atoms with Gasteiger partial charge in [-0.25, -0.2) is 0 Å². The zero-order valence-corrected chi connectivity index (χ0v) is 11.0. The van der Waals surface area contributed by atoms with Crippen LogP contribution in [0.4, 0.5) is 8.78 Å². The molecule has 0 aromatic heterocycles. The maximum absolute atomic E-state index is 13.1. The van der Waals surface area contributed by atoms with Gasteiger partial charge in [-0.1, -0.05) is 48.5 Å². The first-order valence-electron chi connectivity index (χ1n) is 6.00. The first-order chi connectivity index (χ1) is 9.48. The molecular formula is C16H9ClF2O. The number of ketones is 1. The zero-order chi connectivity index (χ0) is 14.3. The number of hydrogen-bond donors (Lipinski definition) is 0. The van der Waals surface area contributed by atoms with Crippen LogP contribution in [0, 0.1) is 0 Å². The van der Waals surface area contributed by atoms with E-state index in [1.807, 2.05) is 18.2 Å². The summed E-state index contributed by atoms with van der Waals surface area (Å²) in [6, 6.07) is 15.8. The second-order valence-corrected chi connectivity index (χ2v) is 4.99. The Hall–Kier alpha value is -2.00. The number of alkyl halides is 3. The van der Waals surface area contributed by atoms with Crippen LogP contribution in [0.25, 0.3) is 21.5 Å². The SMILES string of the molecule is O=C(c1cc2ccccc2c2ccccc12)C(F)(F)Cl. The van der Waals surface area contributed by atoms with Crippen molar-refractivity contribution in [3.63, 3.8) is 0 Å². The van der Waals surface area contributed by atoms with Gasteiger partial charge >= 0.3 is 5.38 Å². The fourth-order valence-electron chi connectivity index (χ4n) is 2.39. The summed E-state index contributed by atoms with van der Waals surface area (Å²) in [5.41, 5.74) is -0.0562. The summed E-state index contributed by atoms with van der Waals surface area (Å²) >= 11 is 4.89. The van der Waals surface area contributed by atoms with Gasteiger partial charge < -0.3 is 0 Å². The minimum Gasteiger partial charge on any atom is -0.286 e. The highest BCUT2D eigenvalue weighted by atomic mass is 35.5. The van der Waals surface area contributed by atoms with Crippen molar-refractivity contribution in [3.8, 4) is 0 Å². The van der Waals surface area contributed by atoms with E-state index in [1.54, 1.807) is 30.3 Å². The monoisotopic (exact) mass is 290 g/mol. The van der Waals surface area contributed by atoms with Gasteiger partial charge in [-0.15, -0.1) is 0 Å². The lowest BCUT2D eigenvalue weighted by Crippen LogP contribution is -2.21. The van der Waals surface area contributed by atoms with Gasteiger partial charge in [0.05, 0.1) is 0 Å². The fraction of sp³-hybridized carbons (Fsp3) is 0.0625. The molecule has 0 aliphatic rings. The Bertz CT molecular complexity index is 821. The molecule has 0 aliphatic carbocycles. The molecule has 0 spiro atoms. The van der Waals surface area contributed by atoms with Crippen LogP contribution in [-0.2, 0) is 0 Å². The highest BCUT2D eigenvalue weighted by molar-refractivity contribution is 6.37. The highest BCUT2D eigenvalue weighted by Gasteiger charge is 2.37. The van der Waals surface area contributed by atoms with E-state index in [1.165, 1.54) is 6.07 Å². The quantitative estimate of drug-likeness (QED) is 0.368. The number of benzene rings is 3. The van der Waals surface area contributed by atoms with E-state index in [9.17, 15) is 13.6 Å². The van der Waals surface area contributed by atoms with Gasteiger partial charge in [0.25, 0.3) is 0 Å². The molecule has 0 saturated heterocycles. The van der Waals surface area contributed by atoms with Crippen LogP contribution in [0.2, 0.25) is 0 Å². The molecule has 0 radical (unpaired) electrons. The Labute approximate surface area is 118 Å². The minimum absolute atomic E-state index is 0.0562. The van der Waals surface area contributed by atoms with E-state index in [0.29, 0.717) is 5.39 Å². The first kappa shape index (κ1) is 13.0. The molecule has 3 aromatic rings. The number of halogens is 3. The van der Waals surface area contributed by atoms with Crippen molar-refractivity contribution in [2.24, 2.45) is 0 Å². The largest absolute Gasteiger partial charge is 0.384 e. The molecule has 0 saturated carbocycles. The van der Waals surface area contributed by atoms with Gasteiger partial charge in [0, 0.05) is 5.56 Å². The lowest BCUT2D eigenvalue weighted by Gasteiger charge is -2.12. The molecule has 3 rings (SSSR count). The van der Waals surface area contributed by atoms with Gasteiger partial charge in [-0.3, -0.25) is 4.79 Å². The Morgan fingerprint density at radius 3 is 2.10 bits per heavy atom. The van der Waals surface area contributed by atoms with Crippen LogP contribution in [-0.4, -0.2) is 11.2 Å². The van der Waals surface area contributed by atoms with Crippen molar-refractivity contribution in [3.05, 3.63) is 60.2 Å². The van der Waals surface area contributed by atoms with E-state index in [0.717, 1.165) is 16.2 Å². The van der Waals surface area contributed by atoms with Crippen LogP contribution in [0.5, 0.6) is 0 Å². The maximum atomic E-state index is 13.1. The Morgan fingerprint density at radius 1 is 0.900 bits per heavy atom. The summed E-state index contributed by atoms with van der Waals surface area (Å²) in [7, 11) is 0. The summed E-state index contributed by atoms with van der Waals surface area (Å²) in [6.45, 7) is 0. The van der Waals surface area contributed by atoms with E-state index in [2.05, 4.69) is 0 Å². The molecule has 0 unspecified atom stereocenters. The van der Waals surface area contributed by atoms with Gasteiger partial charge in [-0.05, 0) is 39.2 Å². The number of Topliss-reactive ketones (excluding diaryl/α,β-unsaturated/α-hetero) is 1. The second-order valence-electron chi connectivity index (χ2n) is 4.52. The molecule has 0 amide bonds. The van der Waals surface area contributed by atoms with Crippen LogP contribution in [0.3, 0.4) is 0 Å². The van der Waals surface area contributed by atoms with Crippen LogP contribution in [0.15, 0.2) is 54.6 Å². The molecule has 1 nitrogen and oxygen atoms in total. The van der Waals surface area contributed by atoms with E-state index in [-0.39, 0.29) is 5.56 Å². The standard InChI is InChI=1S/C16H9ClF2O/c17-16(18,19)15(20)14-9-10-5-1-2-6-11(10)12-7-3-4-8-13(12)14/h1-9H. The highest BCUT2D eigenvalue weighted by Crippen LogP contribution is 2.33. The number of rotatable bonds is 2. The van der Waals surface area contributed by atoms with Gasteiger partial charge in [0.2, 0.25) is 5.78 Å². The van der Waals surface area contributed by atoms with Crippen molar-refractivity contribution in [2.75, 3.05) is 0 Å². The molecular weight excluding hydrogens is 282 g/mol. The van der Waals surface area contributed by atoms with Crippen LogP contribution >= 0.6 is 11.6 Å². The van der Waals surface area contributed by atoms with E-state index < -0.39 is 11.2 Å². The van der Waals surface area contributed by atoms with Crippen LogP contribution < -0.4 is 0 Å². The maximum Gasteiger partial charge on any atom is 0.384 e. The number of hydrogen-bond acceptors (Lipinski definition) is 1. The predicted molar refractivity (Wildman–Crippen MR) is 76.6 cm³/mol. The van der Waals surface area contributed by atoms with Crippen LogP contribution in [0.1, 0.15) is 10.4 Å². The summed E-state index contributed by atoms with van der Waals surface area (Å²) in [5, 5.41) is -1.01. The molecule has 0 bridgehead atoms.